The number of carbonyl (C=O) groups excluding carboxylic acids is 1. The van der Waals surface area contributed by atoms with Gasteiger partial charge in [-0.1, -0.05) is 18.2 Å². The molecular weight excluding hydrogens is 262 g/mol. The summed E-state index contributed by atoms with van der Waals surface area (Å²) in [7, 11) is 0. The zero-order valence-corrected chi connectivity index (χ0v) is 10.4. The van der Waals surface area contributed by atoms with Crippen molar-refractivity contribution < 1.29 is 13.6 Å². The van der Waals surface area contributed by atoms with Gasteiger partial charge in [-0.25, -0.2) is 8.78 Å². The Morgan fingerprint density at radius 3 is 2.70 bits per heavy atom. The predicted molar refractivity (Wildman–Crippen MR) is 69.8 cm³/mol. The fraction of sp³-hybridized carbons (Fsp3) is 0.0667. The molecule has 2 rings (SSSR count). The molecule has 2 aromatic rings. The van der Waals surface area contributed by atoms with Gasteiger partial charge in [0.25, 0.3) is 0 Å². The molecule has 1 N–H and O–H groups in total. The van der Waals surface area contributed by atoms with Gasteiger partial charge < -0.3 is 5.32 Å². The Labute approximate surface area is 114 Å². The minimum absolute atomic E-state index is 0.0149. The number of carbonyl (C=O) groups is 1. The Morgan fingerprint density at radius 2 is 1.95 bits per heavy atom. The average molecular weight is 272 g/mol. The highest BCUT2D eigenvalue weighted by atomic mass is 19.2. The number of nitrogens with zero attached hydrogens (tertiary/aromatic N) is 1. The van der Waals surface area contributed by atoms with E-state index in [1.807, 2.05) is 6.07 Å². The second-order valence-electron chi connectivity index (χ2n) is 4.13. The van der Waals surface area contributed by atoms with Crippen molar-refractivity contribution in [1.82, 2.24) is 0 Å². The summed E-state index contributed by atoms with van der Waals surface area (Å²) in [5, 5.41) is 11.3. The van der Waals surface area contributed by atoms with Crippen LogP contribution in [0, 0.1) is 23.0 Å². The zero-order valence-electron chi connectivity index (χ0n) is 10.4. The maximum Gasteiger partial charge on any atom is 0.228 e. The first-order valence-corrected chi connectivity index (χ1v) is 5.83. The van der Waals surface area contributed by atoms with Crippen molar-refractivity contribution in [3.63, 3.8) is 0 Å². The predicted octanol–water partition coefficient (Wildman–Crippen LogP) is 3.02. The lowest BCUT2D eigenvalue weighted by Crippen LogP contribution is -2.15. The van der Waals surface area contributed by atoms with E-state index in [4.69, 9.17) is 5.26 Å². The summed E-state index contributed by atoms with van der Waals surface area (Å²) in [6.07, 6.45) is -0.277. The molecule has 1 amide bonds. The Balaban J connectivity index is 2.09. The number of nitriles is 1. The largest absolute Gasteiger partial charge is 0.326 e. The minimum Gasteiger partial charge on any atom is -0.326 e. The number of amides is 1. The van der Waals surface area contributed by atoms with Crippen LogP contribution in [0.4, 0.5) is 14.5 Å². The third kappa shape index (κ3) is 3.18. The molecule has 20 heavy (non-hydrogen) atoms. The van der Waals surface area contributed by atoms with E-state index in [9.17, 15) is 13.6 Å². The van der Waals surface area contributed by atoms with Gasteiger partial charge in [0.05, 0.1) is 18.1 Å². The highest BCUT2D eigenvalue weighted by molar-refractivity contribution is 5.92. The molecule has 2 aromatic carbocycles. The van der Waals surface area contributed by atoms with E-state index in [0.29, 0.717) is 11.3 Å². The summed E-state index contributed by atoms with van der Waals surface area (Å²) < 4.78 is 26.4. The molecule has 0 heterocycles. The monoisotopic (exact) mass is 272 g/mol. The molecule has 0 aliphatic heterocycles. The van der Waals surface area contributed by atoms with Crippen molar-refractivity contribution in [2.45, 2.75) is 6.42 Å². The molecule has 0 radical (unpaired) electrons. The van der Waals surface area contributed by atoms with Crippen LogP contribution in [0.5, 0.6) is 0 Å². The third-order valence-corrected chi connectivity index (χ3v) is 2.66. The van der Waals surface area contributed by atoms with Gasteiger partial charge >= 0.3 is 0 Å². The van der Waals surface area contributed by atoms with E-state index in [2.05, 4.69) is 5.32 Å². The number of halogens is 2. The summed E-state index contributed by atoms with van der Waals surface area (Å²) in [5.41, 5.74) is 0.824. The maximum atomic E-state index is 13.4. The second-order valence-corrected chi connectivity index (χ2v) is 4.13. The van der Waals surface area contributed by atoms with Crippen molar-refractivity contribution in [3.8, 4) is 6.07 Å². The normalized spacial score (nSPS) is 9.85. The van der Waals surface area contributed by atoms with Gasteiger partial charge in [0.1, 0.15) is 0 Å². The van der Waals surface area contributed by atoms with E-state index >= 15 is 0 Å². The van der Waals surface area contributed by atoms with Crippen LogP contribution in [0.15, 0.2) is 42.5 Å². The van der Waals surface area contributed by atoms with Crippen molar-refractivity contribution in [2.75, 3.05) is 5.32 Å². The molecule has 0 spiro atoms. The molecule has 0 unspecified atom stereocenters. The molecule has 0 saturated heterocycles. The van der Waals surface area contributed by atoms with Gasteiger partial charge in [0, 0.05) is 11.3 Å². The number of anilines is 1. The van der Waals surface area contributed by atoms with Crippen LogP contribution in [0.25, 0.3) is 0 Å². The zero-order chi connectivity index (χ0) is 14.5. The molecule has 0 aliphatic carbocycles. The van der Waals surface area contributed by atoms with E-state index in [1.54, 1.807) is 18.2 Å². The van der Waals surface area contributed by atoms with Gasteiger partial charge in [-0.15, -0.1) is 0 Å². The van der Waals surface area contributed by atoms with Crippen LogP contribution >= 0.6 is 0 Å². The summed E-state index contributed by atoms with van der Waals surface area (Å²) in [6.45, 7) is 0. The minimum atomic E-state index is -1.02. The van der Waals surface area contributed by atoms with E-state index in [1.165, 1.54) is 18.2 Å². The van der Waals surface area contributed by atoms with Crippen molar-refractivity contribution in [2.24, 2.45) is 0 Å². The number of nitrogens with one attached hydrogen (secondary N) is 1. The smallest absolute Gasteiger partial charge is 0.228 e. The number of hydrogen-bond donors (Lipinski definition) is 1. The Kier molecular flexibility index (Phi) is 4.06. The van der Waals surface area contributed by atoms with Crippen LogP contribution in [-0.4, -0.2) is 5.91 Å². The molecule has 0 fully saturated rings. The summed E-state index contributed by atoms with van der Waals surface area (Å²) in [6, 6.07) is 12.0. The second kappa shape index (κ2) is 5.93. The lowest BCUT2D eigenvalue weighted by atomic mass is 10.1. The summed E-state index contributed by atoms with van der Waals surface area (Å²) in [5.74, 6) is -2.49. The highest BCUT2D eigenvalue weighted by Gasteiger charge is 2.11. The third-order valence-electron chi connectivity index (χ3n) is 2.66. The maximum absolute atomic E-state index is 13.4. The number of hydrogen-bond acceptors (Lipinski definition) is 2. The standard InChI is InChI=1S/C15H10F2N2O/c16-13-6-2-4-11(15(13)17)8-14(20)19-12-5-1-3-10(7-12)9-18/h1-7H,8H2,(H,19,20). The molecule has 3 nitrogen and oxygen atoms in total. The van der Waals surface area contributed by atoms with E-state index in [0.717, 1.165) is 6.07 Å². The molecule has 0 aromatic heterocycles. The first kappa shape index (κ1) is 13.7. The Hall–Kier alpha value is -2.74. The average Bonchev–Trinajstić information content (AvgIpc) is 2.44. The Bertz CT molecular complexity index is 693. The first-order chi connectivity index (χ1) is 9.60. The topological polar surface area (TPSA) is 52.9 Å². The molecule has 0 aliphatic rings. The van der Waals surface area contributed by atoms with Gasteiger partial charge in [-0.3, -0.25) is 4.79 Å². The van der Waals surface area contributed by atoms with Crippen molar-refractivity contribution in [1.29, 1.82) is 5.26 Å². The molecule has 5 heteroatoms. The number of benzene rings is 2. The van der Waals surface area contributed by atoms with Crippen molar-refractivity contribution >= 4 is 11.6 Å². The first-order valence-electron chi connectivity index (χ1n) is 5.83. The van der Waals surface area contributed by atoms with Crippen LogP contribution in [0.2, 0.25) is 0 Å². The summed E-state index contributed by atoms with van der Waals surface area (Å²) >= 11 is 0. The molecular formula is C15H10F2N2O. The SMILES string of the molecule is N#Cc1cccc(NC(=O)Cc2cccc(F)c2F)c1. The molecule has 0 atom stereocenters. The van der Waals surface area contributed by atoms with Crippen LogP contribution in [-0.2, 0) is 11.2 Å². The van der Waals surface area contributed by atoms with Gasteiger partial charge in [0.2, 0.25) is 5.91 Å². The fourth-order valence-electron chi connectivity index (χ4n) is 1.73. The lowest BCUT2D eigenvalue weighted by molar-refractivity contribution is -0.115. The fourth-order valence-corrected chi connectivity index (χ4v) is 1.73. The van der Waals surface area contributed by atoms with Crippen LogP contribution in [0.3, 0.4) is 0 Å². The van der Waals surface area contributed by atoms with E-state index in [-0.39, 0.29) is 12.0 Å². The van der Waals surface area contributed by atoms with Gasteiger partial charge in [-0.05, 0) is 24.3 Å². The molecule has 100 valence electrons. The molecule has 0 bridgehead atoms. The van der Waals surface area contributed by atoms with Gasteiger partial charge in [0.15, 0.2) is 11.6 Å². The Morgan fingerprint density at radius 1 is 1.20 bits per heavy atom. The number of rotatable bonds is 3. The van der Waals surface area contributed by atoms with Crippen LogP contribution < -0.4 is 5.32 Å². The van der Waals surface area contributed by atoms with E-state index < -0.39 is 17.5 Å². The van der Waals surface area contributed by atoms with Crippen LogP contribution in [0.1, 0.15) is 11.1 Å². The summed E-state index contributed by atoms with van der Waals surface area (Å²) in [4.78, 5) is 11.8. The highest BCUT2D eigenvalue weighted by Crippen LogP contribution is 2.14. The lowest BCUT2D eigenvalue weighted by Gasteiger charge is -2.06. The molecule has 0 saturated carbocycles. The van der Waals surface area contributed by atoms with Gasteiger partial charge in [-0.2, -0.15) is 5.26 Å². The van der Waals surface area contributed by atoms with Crippen molar-refractivity contribution in [3.05, 3.63) is 65.2 Å². The quantitative estimate of drug-likeness (QED) is 0.933.